The van der Waals surface area contributed by atoms with E-state index in [1.54, 1.807) is 0 Å². The maximum Gasteiger partial charge on any atom is 0.0368 e. The van der Waals surface area contributed by atoms with E-state index in [2.05, 4.69) is 111 Å². The van der Waals surface area contributed by atoms with E-state index in [0.29, 0.717) is 0 Å². The number of nitrogens with one attached hydrogen (secondary N) is 8. The highest BCUT2D eigenvalue weighted by Gasteiger charge is 2.13. The van der Waals surface area contributed by atoms with Gasteiger partial charge in [0.25, 0.3) is 0 Å². The molecule has 12 heteroatoms. The molecule has 0 aromatic heterocycles. The van der Waals surface area contributed by atoms with Gasteiger partial charge >= 0.3 is 0 Å². The van der Waals surface area contributed by atoms with Crippen molar-refractivity contribution in [1.82, 2.24) is 42.5 Å². The molecule has 12 nitrogen and oxygen atoms in total. The first kappa shape index (κ1) is 36.6. The Kier molecular flexibility index (Phi) is 16.9. The van der Waals surface area contributed by atoms with E-state index in [-0.39, 0.29) is 0 Å². The minimum atomic E-state index is 0.972. The Morgan fingerprint density at radius 3 is 0.562 bits per heavy atom. The van der Waals surface area contributed by atoms with Gasteiger partial charge in [0.1, 0.15) is 0 Å². The summed E-state index contributed by atoms with van der Waals surface area (Å²) in [5.74, 6) is 0. The number of nitrogens with zero attached hydrogens (tertiary/aromatic N) is 4. The lowest BCUT2D eigenvalue weighted by Gasteiger charge is -2.30. The van der Waals surface area contributed by atoms with Crippen molar-refractivity contribution >= 4 is 22.7 Å². The van der Waals surface area contributed by atoms with Crippen LogP contribution in [0.2, 0.25) is 0 Å². The van der Waals surface area contributed by atoms with Crippen molar-refractivity contribution < 1.29 is 0 Å². The molecule has 0 radical (unpaired) electrons. The molecule has 2 aromatic carbocycles. The number of rotatable bonds is 4. The van der Waals surface area contributed by atoms with Crippen LogP contribution in [0.25, 0.3) is 0 Å². The second-order valence-corrected chi connectivity index (χ2v) is 13.0. The summed E-state index contributed by atoms with van der Waals surface area (Å²) in [4.78, 5) is 10.1. The topological polar surface area (TPSA) is 109 Å². The zero-order chi connectivity index (χ0) is 32.9. The second-order valence-electron chi connectivity index (χ2n) is 13.0. The summed E-state index contributed by atoms with van der Waals surface area (Å²) in [5.41, 5.74) is 5.22. The molecule has 3 heterocycles. The molecule has 3 fully saturated rings. The first-order valence-electron chi connectivity index (χ1n) is 18.7. The van der Waals surface area contributed by atoms with Crippen LogP contribution in [0.5, 0.6) is 0 Å². The standard InChI is InChI=1S/C36H64N12/c1-5-35(6-2-33(1)45-25-17-39-13-9-37-10-14-40-18-26-45)47-29-21-43-23-31-48(32-24-44-22-30-47)36-7-3-34(4-8-36)46-27-19-41-15-11-38-12-16-42-20-28-46/h1-8,37-44H,9-32H2. The monoisotopic (exact) mass is 665 g/mol. The van der Waals surface area contributed by atoms with Gasteiger partial charge in [0, 0.05) is 180 Å². The first-order chi connectivity index (χ1) is 23.9. The third kappa shape index (κ3) is 13.0. The molecule has 0 spiro atoms. The molecule has 2 aromatic rings. The van der Waals surface area contributed by atoms with Gasteiger partial charge in [-0.3, -0.25) is 0 Å². The fraction of sp³-hybridized carbons (Fsp3) is 0.667. The molecular weight excluding hydrogens is 600 g/mol. The van der Waals surface area contributed by atoms with Crippen molar-refractivity contribution in [3.63, 3.8) is 0 Å². The van der Waals surface area contributed by atoms with Crippen molar-refractivity contribution in [1.29, 1.82) is 0 Å². The van der Waals surface area contributed by atoms with Crippen molar-refractivity contribution in [2.75, 3.05) is 177 Å². The predicted octanol–water partition coefficient (Wildman–Crippen LogP) is -0.630. The van der Waals surface area contributed by atoms with Gasteiger partial charge in [-0.15, -0.1) is 0 Å². The zero-order valence-electron chi connectivity index (χ0n) is 29.4. The molecule has 0 saturated carbocycles. The summed E-state index contributed by atoms with van der Waals surface area (Å²) in [6, 6.07) is 18.5. The van der Waals surface area contributed by atoms with E-state index >= 15 is 0 Å². The Labute approximate surface area is 290 Å². The van der Waals surface area contributed by atoms with E-state index in [1.165, 1.54) is 22.7 Å². The summed E-state index contributed by atoms with van der Waals surface area (Å²) in [6.45, 7) is 24.1. The van der Waals surface area contributed by atoms with Crippen LogP contribution in [0.4, 0.5) is 22.7 Å². The van der Waals surface area contributed by atoms with Crippen LogP contribution in [-0.4, -0.2) is 157 Å². The molecule has 0 atom stereocenters. The van der Waals surface area contributed by atoms with Crippen LogP contribution < -0.4 is 62.1 Å². The molecule has 8 N–H and O–H groups in total. The molecule has 0 amide bonds. The van der Waals surface area contributed by atoms with Gasteiger partial charge in [0.2, 0.25) is 0 Å². The number of hydrogen-bond acceptors (Lipinski definition) is 12. The molecule has 0 bridgehead atoms. The van der Waals surface area contributed by atoms with Crippen molar-refractivity contribution in [2.24, 2.45) is 0 Å². The Hall–Kier alpha value is -2.68. The molecule has 268 valence electrons. The van der Waals surface area contributed by atoms with Gasteiger partial charge in [-0.05, 0) is 48.5 Å². The van der Waals surface area contributed by atoms with Gasteiger partial charge in [-0.25, -0.2) is 0 Å². The Morgan fingerprint density at radius 2 is 0.375 bits per heavy atom. The minimum absolute atomic E-state index is 0.972. The number of anilines is 4. The summed E-state index contributed by atoms with van der Waals surface area (Å²) in [7, 11) is 0. The van der Waals surface area contributed by atoms with Crippen LogP contribution in [-0.2, 0) is 0 Å². The first-order valence-corrected chi connectivity index (χ1v) is 18.7. The van der Waals surface area contributed by atoms with E-state index in [9.17, 15) is 0 Å². The Morgan fingerprint density at radius 1 is 0.229 bits per heavy atom. The average molecular weight is 665 g/mol. The number of benzene rings is 2. The molecule has 3 aliphatic rings. The maximum atomic E-state index is 3.74. The van der Waals surface area contributed by atoms with Crippen molar-refractivity contribution in [3.8, 4) is 0 Å². The predicted molar refractivity (Wildman–Crippen MR) is 205 cm³/mol. The quantitative estimate of drug-likeness (QED) is 0.213. The van der Waals surface area contributed by atoms with Gasteiger partial charge in [0.15, 0.2) is 0 Å². The molecule has 5 rings (SSSR count). The van der Waals surface area contributed by atoms with E-state index in [1.807, 2.05) is 0 Å². The zero-order valence-corrected chi connectivity index (χ0v) is 29.4. The highest BCUT2D eigenvalue weighted by molar-refractivity contribution is 5.57. The lowest BCUT2D eigenvalue weighted by molar-refractivity contribution is 0.557. The van der Waals surface area contributed by atoms with Crippen molar-refractivity contribution in [2.45, 2.75) is 0 Å². The van der Waals surface area contributed by atoms with E-state index < -0.39 is 0 Å². The lowest BCUT2D eigenvalue weighted by atomic mass is 10.2. The second kappa shape index (κ2) is 22.1. The fourth-order valence-electron chi connectivity index (χ4n) is 6.65. The largest absolute Gasteiger partial charge is 0.369 e. The van der Waals surface area contributed by atoms with E-state index in [4.69, 9.17) is 0 Å². The maximum absolute atomic E-state index is 3.74. The molecule has 48 heavy (non-hydrogen) atoms. The summed E-state index contributed by atoms with van der Waals surface area (Å²) >= 11 is 0. The summed E-state index contributed by atoms with van der Waals surface area (Å²) < 4.78 is 0. The minimum Gasteiger partial charge on any atom is -0.369 e. The van der Waals surface area contributed by atoms with Gasteiger partial charge in [-0.1, -0.05) is 0 Å². The number of hydrogen-bond donors (Lipinski definition) is 8. The van der Waals surface area contributed by atoms with Gasteiger partial charge < -0.3 is 62.1 Å². The molecular formula is C36H64N12. The Balaban J connectivity index is 1.10. The average Bonchev–Trinajstić information content (AvgIpc) is 3.09. The molecule has 0 unspecified atom stereocenters. The van der Waals surface area contributed by atoms with Gasteiger partial charge in [-0.2, -0.15) is 0 Å². The van der Waals surface area contributed by atoms with Crippen LogP contribution in [0.1, 0.15) is 0 Å². The van der Waals surface area contributed by atoms with Crippen LogP contribution in [0.3, 0.4) is 0 Å². The molecule has 0 aliphatic carbocycles. The fourth-order valence-corrected chi connectivity index (χ4v) is 6.65. The molecule has 3 aliphatic heterocycles. The van der Waals surface area contributed by atoms with E-state index in [0.717, 1.165) is 157 Å². The Bertz CT molecular complexity index is 978. The SMILES string of the molecule is c1cc(N2CCNCCN(c3ccc(N4CCNCCNCCNCC4)cc3)CCNCC2)ccc1N1CCNCCNCCNCC1. The normalized spacial score (nSPS) is 21.8. The van der Waals surface area contributed by atoms with Gasteiger partial charge in [0.05, 0.1) is 0 Å². The highest BCUT2D eigenvalue weighted by Crippen LogP contribution is 2.22. The van der Waals surface area contributed by atoms with Crippen molar-refractivity contribution in [3.05, 3.63) is 48.5 Å². The summed E-state index contributed by atoms with van der Waals surface area (Å²) in [6.07, 6.45) is 0. The summed E-state index contributed by atoms with van der Waals surface area (Å²) in [5, 5.41) is 28.7. The van der Waals surface area contributed by atoms with Crippen LogP contribution in [0, 0.1) is 0 Å². The van der Waals surface area contributed by atoms with Crippen LogP contribution in [0.15, 0.2) is 48.5 Å². The highest BCUT2D eigenvalue weighted by atomic mass is 15.2. The smallest absolute Gasteiger partial charge is 0.0368 e. The third-order valence-electron chi connectivity index (χ3n) is 9.54. The lowest BCUT2D eigenvalue weighted by Crippen LogP contribution is -2.43. The molecule has 3 saturated heterocycles. The van der Waals surface area contributed by atoms with Crippen LogP contribution >= 0.6 is 0 Å². The third-order valence-corrected chi connectivity index (χ3v) is 9.54.